The Hall–Kier alpha value is -3.54. The molecule has 0 saturated heterocycles. The fraction of sp³-hybridized carbons (Fsp3) is 0.0769. The normalized spacial score (nSPS) is 16.6. The van der Waals surface area contributed by atoms with Crippen molar-refractivity contribution >= 4 is 11.5 Å². The molecule has 1 aliphatic heterocycles. The van der Waals surface area contributed by atoms with Crippen molar-refractivity contribution in [1.29, 1.82) is 5.26 Å². The summed E-state index contributed by atoms with van der Waals surface area (Å²) in [6.07, 6.45) is 0. The number of nitrogens with one attached hydrogen (secondary N) is 1. The highest BCUT2D eigenvalue weighted by Gasteiger charge is 2.37. The molecule has 1 aliphatic rings. The van der Waals surface area contributed by atoms with Crippen LogP contribution in [0.25, 0.3) is 0 Å². The first-order valence-electron chi connectivity index (χ1n) is 6.19. The first-order chi connectivity index (χ1) is 10.5. The fourth-order valence-electron chi connectivity index (χ4n) is 2.48. The highest BCUT2D eigenvalue weighted by atomic mass is 16.6. The number of nitrogens with two attached hydrogens (primary N) is 2. The van der Waals surface area contributed by atoms with E-state index in [0.29, 0.717) is 11.1 Å². The van der Waals surface area contributed by atoms with E-state index in [1.807, 2.05) is 6.07 Å². The SMILES string of the molecule is N#CC1=C(N)Oc2n[nH]c(N)c2C1c1ccccc1[N+](=O)[O-]. The number of aromatic amines is 1. The van der Waals surface area contributed by atoms with Gasteiger partial charge in [-0.3, -0.25) is 15.2 Å². The monoisotopic (exact) mass is 298 g/mol. The Morgan fingerprint density at radius 1 is 1.41 bits per heavy atom. The van der Waals surface area contributed by atoms with Crippen LogP contribution in [0.2, 0.25) is 0 Å². The van der Waals surface area contributed by atoms with Crippen LogP contribution in [0.4, 0.5) is 11.5 Å². The topological polar surface area (TPSA) is 157 Å². The lowest BCUT2D eigenvalue weighted by Crippen LogP contribution is -2.21. The van der Waals surface area contributed by atoms with Crippen LogP contribution in [0.1, 0.15) is 17.0 Å². The van der Waals surface area contributed by atoms with E-state index in [2.05, 4.69) is 10.2 Å². The number of anilines is 1. The largest absolute Gasteiger partial charge is 0.420 e. The smallest absolute Gasteiger partial charge is 0.273 e. The number of hydrogen-bond acceptors (Lipinski definition) is 7. The molecule has 0 amide bonds. The van der Waals surface area contributed by atoms with E-state index in [1.165, 1.54) is 6.07 Å². The number of nitrogen functional groups attached to an aromatic ring is 1. The van der Waals surface area contributed by atoms with Crippen LogP contribution < -0.4 is 16.2 Å². The van der Waals surface area contributed by atoms with E-state index >= 15 is 0 Å². The van der Waals surface area contributed by atoms with E-state index in [0.717, 1.165) is 0 Å². The van der Waals surface area contributed by atoms with E-state index in [1.54, 1.807) is 18.2 Å². The second kappa shape index (κ2) is 4.78. The predicted octanol–water partition coefficient (Wildman–Crippen LogP) is 1.12. The minimum atomic E-state index is -0.811. The summed E-state index contributed by atoms with van der Waals surface area (Å²) in [5.41, 5.74) is 12.1. The molecule has 22 heavy (non-hydrogen) atoms. The second-order valence-electron chi connectivity index (χ2n) is 4.60. The summed E-state index contributed by atoms with van der Waals surface area (Å²) in [5, 5.41) is 27.0. The Kier molecular flexibility index (Phi) is 2.92. The van der Waals surface area contributed by atoms with Gasteiger partial charge in [-0.15, -0.1) is 5.10 Å². The molecule has 1 aromatic carbocycles. The molecular formula is C13H10N6O3. The molecule has 0 aliphatic carbocycles. The Labute approximate surface area is 123 Å². The van der Waals surface area contributed by atoms with E-state index < -0.39 is 10.8 Å². The molecule has 2 heterocycles. The number of benzene rings is 1. The van der Waals surface area contributed by atoms with Crippen molar-refractivity contribution in [2.45, 2.75) is 5.92 Å². The third kappa shape index (κ3) is 1.82. The predicted molar refractivity (Wildman–Crippen MR) is 75.4 cm³/mol. The van der Waals surface area contributed by atoms with Crippen molar-refractivity contribution in [3.05, 3.63) is 57.0 Å². The molecule has 110 valence electrons. The number of nitriles is 1. The zero-order valence-corrected chi connectivity index (χ0v) is 11.1. The van der Waals surface area contributed by atoms with Gasteiger partial charge in [-0.2, -0.15) is 5.26 Å². The minimum Gasteiger partial charge on any atom is -0.420 e. The van der Waals surface area contributed by atoms with Crippen LogP contribution in [0.5, 0.6) is 5.88 Å². The number of nitro benzene ring substituents is 1. The average Bonchev–Trinajstić information content (AvgIpc) is 2.86. The Balaban J connectivity index is 2.31. The van der Waals surface area contributed by atoms with Gasteiger partial charge in [-0.1, -0.05) is 18.2 Å². The zero-order valence-electron chi connectivity index (χ0n) is 11.1. The van der Waals surface area contributed by atoms with Gasteiger partial charge in [0.2, 0.25) is 11.8 Å². The zero-order chi connectivity index (χ0) is 15.9. The van der Waals surface area contributed by atoms with Gasteiger partial charge in [0.25, 0.3) is 5.69 Å². The lowest BCUT2D eigenvalue weighted by molar-refractivity contribution is -0.385. The molecule has 2 aromatic rings. The van der Waals surface area contributed by atoms with Gasteiger partial charge in [0.05, 0.1) is 16.4 Å². The van der Waals surface area contributed by atoms with Crippen LogP contribution in [0.15, 0.2) is 35.7 Å². The minimum absolute atomic E-state index is 0.0508. The number of aromatic nitrogens is 2. The third-order valence-electron chi connectivity index (χ3n) is 3.41. The first-order valence-corrected chi connectivity index (χ1v) is 6.19. The van der Waals surface area contributed by atoms with Crippen molar-refractivity contribution in [3.63, 3.8) is 0 Å². The summed E-state index contributed by atoms with van der Waals surface area (Å²) in [6, 6.07) is 8.02. The van der Waals surface area contributed by atoms with Crippen LogP contribution in [-0.2, 0) is 0 Å². The van der Waals surface area contributed by atoms with E-state index in [-0.39, 0.29) is 28.8 Å². The lowest BCUT2D eigenvalue weighted by Gasteiger charge is -2.22. The maximum Gasteiger partial charge on any atom is 0.273 e. The van der Waals surface area contributed by atoms with Crippen LogP contribution >= 0.6 is 0 Å². The summed E-state index contributed by atoms with van der Waals surface area (Å²) in [6.45, 7) is 0. The number of nitrogens with zero attached hydrogens (tertiary/aromatic N) is 3. The quantitative estimate of drug-likeness (QED) is 0.553. The molecular weight excluding hydrogens is 288 g/mol. The maximum absolute atomic E-state index is 11.3. The van der Waals surface area contributed by atoms with Gasteiger partial charge in [-0.05, 0) is 0 Å². The van der Waals surface area contributed by atoms with Crippen molar-refractivity contribution in [2.75, 3.05) is 5.73 Å². The molecule has 3 rings (SSSR count). The number of ether oxygens (including phenoxy) is 1. The van der Waals surface area contributed by atoms with Crippen molar-refractivity contribution in [3.8, 4) is 11.9 Å². The highest BCUT2D eigenvalue weighted by Crippen LogP contribution is 2.45. The summed E-state index contributed by atoms with van der Waals surface area (Å²) >= 11 is 0. The lowest BCUT2D eigenvalue weighted by atomic mass is 9.84. The molecule has 1 aromatic heterocycles. The molecule has 0 spiro atoms. The standard InChI is InChI=1S/C13H10N6O3/c14-5-7-9(6-3-1-2-4-8(6)19(20)21)10-11(15)17-18-13(10)22-12(7)16/h1-4,9H,16H2,(H3,15,17,18). The van der Waals surface area contributed by atoms with E-state index in [9.17, 15) is 15.4 Å². The summed E-state index contributed by atoms with van der Waals surface area (Å²) in [7, 11) is 0. The van der Waals surface area contributed by atoms with Crippen LogP contribution in [0, 0.1) is 21.4 Å². The van der Waals surface area contributed by atoms with E-state index in [4.69, 9.17) is 16.2 Å². The molecule has 1 atom stereocenters. The van der Waals surface area contributed by atoms with Crippen molar-refractivity contribution in [1.82, 2.24) is 10.2 Å². The maximum atomic E-state index is 11.3. The molecule has 9 nitrogen and oxygen atoms in total. The molecule has 0 saturated carbocycles. The Morgan fingerprint density at radius 2 is 2.14 bits per heavy atom. The Bertz CT molecular complexity index is 848. The number of para-hydroxylation sites is 1. The third-order valence-corrected chi connectivity index (χ3v) is 3.41. The number of rotatable bonds is 2. The van der Waals surface area contributed by atoms with Crippen LogP contribution in [-0.4, -0.2) is 15.1 Å². The van der Waals surface area contributed by atoms with Gasteiger partial charge in [0.15, 0.2) is 0 Å². The number of nitro groups is 1. The molecule has 9 heteroatoms. The number of H-pyrrole nitrogens is 1. The van der Waals surface area contributed by atoms with Gasteiger partial charge < -0.3 is 16.2 Å². The van der Waals surface area contributed by atoms with Crippen molar-refractivity contribution < 1.29 is 9.66 Å². The average molecular weight is 298 g/mol. The molecule has 1 unspecified atom stereocenters. The highest BCUT2D eigenvalue weighted by molar-refractivity contribution is 5.64. The molecule has 5 N–H and O–H groups in total. The fourth-order valence-corrected chi connectivity index (χ4v) is 2.48. The first kappa shape index (κ1) is 13.4. The molecule has 0 radical (unpaired) electrons. The molecule has 0 bridgehead atoms. The van der Waals surface area contributed by atoms with Gasteiger partial charge in [0.1, 0.15) is 17.5 Å². The molecule has 0 fully saturated rings. The van der Waals surface area contributed by atoms with Gasteiger partial charge in [-0.25, -0.2) is 0 Å². The number of fused-ring (bicyclic) bond motifs is 1. The summed E-state index contributed by atoms with van der Waals surface area (Å²) in [4.78, 5) is 10.7. The van der Waals surface area contributed by atoms with Gasteiger partial charge >= 0.3 is 0 Å². The summed E-state index contributed by atoms with van der Waals surface area (Å²) in [5.74, 6) is -0.686. The number of hydrogen-bond donors (Lipinski definition) is 3. The summed E-state index contributed by atoms with van der Waals surface area (Å²) < 4.78 is 5.25. The number of allylic oxidation sites excluding steroid dienone is 1. The van der Waals surface area contributed by atoms with Crippen molar-refractivity contribution in [2.24, 2.45) is 5.73 Å². The second-order valence-corrected chi connectivity index (χ2v) is 4.60. The van der Waals surface area contributed by atoms with Gasteiger partial charge in [0, 0.05) is 11.6 Å². The Morgan fingerprint density at radius 3 is 2.82 bits per heavy atom. The van der Waals surface area contributed by atoms with Crippen LogP contribution in [0.3, 0.4) is 0 Å².